The van der Waals surface area contributed by atoms with Gasteiger partial charge in [-0.2, -0.15) is 26.3 Å². The zero-order valence-corrected chi connectivity index (χ0v) is 13.4. The minimum Gasteiger partial charge on any atom is -0.292 e. The Kier molecular flexibility index (Phi) is 4.63. The molecule has 27 heavy (non-hydrogen) atoms. The van der Waals surface area contributed by atoms with Crippen molar-refractivity contribution in [3.05, 3.63) is 71.2 Å². The third-order valence-corrected chi connectivity index (χ3v) is 3.82. The Bertz CT molecular complexity index is 996. The summed E-state index contributed by atoms with van der Waals surface area (Å²) in [7, 11) is 0. The summed E-state index contributed by atoms with van der Waals surface area (Å²) in [4.78, 5) is 19.3. The van der Waals surface area contributed by atoms with Crippen molar-refractivity contribution in [1.29, 1.82) is 0 Å². The summed E-state index contributed by atoms with van der Waals surface area (Å²) >= 11 is 0. The van der Waals surface area contributed by atoms with Gasteiger partial charge >= 0.3 is 12.4 Å². The van der Waals surface area contributed by atoms with Crippen LogP contribution in [0.25, 0.3) is 10.9 Å². The second-order valence-corrected chi connectivity index (χ2v) is 5.68. The summed E-state index contributed by atoms with van der Waals surface area (Å²) in [5.74, 6) is -0.617. The van der Waals surface area contributed by atoms with Crippen LogP contribution in [-0.2, 0) is 18.8 Å². The molecule has 0 bridgehead atoms. The lowest BCUT2D eigenvalue weighted by molar-refractivity contribution is -0.142. The van der Waals surface area contributed by atoms with E-state index in [0.717, 1.165) is 6.07 Å². The van der Waals surface area contributed by atoms with Crippen molar-refractivity contribution in [1.82, 2.24) is 9.97 Å². The average Bonchev–Trinajstić information content (AvgIpc) is 2.60. The molecule has 9 heteroatoms. The van der Waals surface area contributed by atoms with E-state index in [2.05, 4.69) is 9.97 Å². The molecule has 140 valence electrons. The fourth-order valence-corrected chi connectivity index (χ4v) is 2.63. The molecule has 0 atom stereocenters. The van der Waals surface area contributed by atoms with Gasteiger partial charge in [0.2, 0.25) is 0 Å². The predicted octanol–water partition coefficient (Wildman–Crippen LogP) is 5.09. The number of benzene rings is 1. The quantitative estimate of drug-likeness (QED) is 0.467. The molecule has 0 aliphatic heterocycles. The highest BCUT2D eigenvalue weighted by Crippen LogP contribution is 2.37. The Morgan fingerprint density at radius 2 is 1.67 bits per heavy atom. The van der Waals surface area contributed by atoms with Crippen LogP contribution >= 0.6 is 0 Å². The molecule has 0 spiro atoms. The van der Waals surface area contributed by atoms with Crippen molar-refractivity contribution in [2.24, 2.45) is 0 Å². The number of para-hydroxylation sites is 1. The molecule has 3 aromatic rings. The lowest BCUT2D eigenvalue weighted by atomic mass is 9.98. The highest BCUT2D eigenvalue weighted by molar-refractivity contribution is 5.98. The van der Waals surface area contributed by atoms with Crippen LogP contribution in [0.3, 0.4) is 0 Å². The van der Waals surface area contributed by atoms with Crippen LogP contribution in [0.15, 0.2) is 48.7 Å². The fraction of sp³-hybridized carbons (Fsp3) is 0.167. The molecule has 0 N–H and O–H groups in total. The largest absolute Gasteiger partial charge is 0.433 e. The first kappa shape index (κ1) is 18.8. The number of hydrogen-bond donors (Lipinski definition) is 0. The van der Waals surface area contributed by atoms with Crippen LogP contribution < -0.4 is 0 Å². The molecule has 3 rings (SSSR count). The van der Waals surface area contributed by atoms with Gasteiger partial charge in [-0.3, -0.25) is 9.78 Å². The number of hydrogen-bond acceptors (Lipinski definition) is 3. The molecule has 2 aromatic heterocycles. The third kappa shape index (κ3) is 3.91. The lowest BCUT2D eigenvalue weighted by Crippen LogP contribution is -2.14. The molecule has 0 amide bonds. The van der Waals surface area contributed by atoms with E-state index in [1.54, 1.807) is 6.07 Å². The number of rotatable bonds is 3. The van der Waals surface area contributed by atoms with Gasteiger partial charge in [-0.1, -0.05) is 18.2 Å². The van der Waals surface area contributed by atoms with Gasteiger partial charge < -0.3 is 0 Å². The maximum absolute atomic E-state index is 13.2. The minimum atomic E-state index is -4.96. The standard InChI is InChI=1S/C18H10F6N2O/c19-17(20,21)12-5-3-4-11-10(8-14(27)13-6-1-2-7-25-13)9-15(18(22,23)24)26-16(11)12/h1-7,9H,8H2. The molecule has 0 saturated heterocycles. The second-order valence-electron chi connectivity index (χ2n) is 5.68. The number of alkyl halides is 6. The Hall–Kier alpha value is -2.97. The van der Waals surface area contributed by atoms with Crippen LogP contribution in [0.5, 0.6) is 0 Å². The molecule has 0 unspecified atom stereocenters. The van der Waals surface area contributed by atoms with Gasteiger partial charge in [0, 0.05) is 18.0 Å². The summed E-state index contributed by atoms with van der Waals surface area (Å²) < 4.78 is 79.1. The molecular weight excluding hydrogens is 374 g/mol. The van der Waals surface area contributed by atoms with E-state index in [-0.39, 0.29) is 16.6 Å². The van der Waals surface area contributed by atoms with Crippen LogP contribution in [0.1, 0.15) is 27.3 Å². The summed E-state index contributed by atoms with van der Waals surface area (Å²) in [6.07, 6.45) is -9.06. The number of carbonyl (C=O) groups excluding carboxylic acids is 1. The molecule has 0 fully saturated rings. The van der Waals surface area contributed by atoms with Crippen LogP contribution in [0, 0.1) is 0 Å². The van der Waals surface area contributed by atoms with Crippen LogP contribution in [-0.4, -0.2) is 15.8 Å². The van der Waals surface area contributed by atoms with Gasteiger partial charge in [0.15, 0.2) is 5.78 Å². The summed E-state index contributed by atoms with van der Waals surface area (Å²) in [5.41, 5.74) is -3.83. The fourth-order valence-electron chi connectivity index (χ4n) is 2.63. The normalized spacial score (nSPS) is 12.4. The smallest absolute Gasteiger partial charge is 0.292 e. The van der Waals surface area contributed by atoms with Crippen LogP contribution in [0.4, 0.5) is 26.3 Å². The van der Waals surface area contributed by atoms with Gasteiger partial charge in [0.25, 0.3) is 0 Å². The first-order valence-corrected chi connectivity index (χ1v) is 7.58. The van der Waals surface area contributed by atoms with E-state index < -0.39 is 41.3 Å². The number of Topliss-reactive ketones (excluding diaryl/α,β-unsaturated/α-hetero) is 1. The molecule has 0 aliphatic carbocycles. The summed E-state index contributed by atoms with van der Waals surface area (Å²) in [6.45, 7) is 0. The zero-order chi connectivity index (χ0) is 19.8. The van der Waals surface area contributed by atoms with E-state index >= 15 is 0 Å². The molecule has 0 saturated carbocycles. The van der Waals surface area contributed by atoms with Gasteiger partial charge in [-0.25, -0.2) is 4.98 Å². The van der Waals surface area contributed by atoms with E-state index in [4.69, 9.17) is 0 Å². The van der Waals surface area contributed by atoms with Crippen molar-refractivity contribution in [3.8, 4) is 0 Å². The monoisotopic (exact) mass is 384 g/mol. The van der Waals surface area contributed by atoms with E-state index in [1.807, 2.05) is 0 Å². The molecular formula is C18H10F6N2O. The van der Waals surface area contributed by atoms with Gasteiger partial charge in [-0.05, 0) is 29.8 Å². The maximum atomic E-state index is 13.2. The Morgan fingerprint density at radius 1 is 0.926 bits per heavy atom. The highest BCUT2D eigenvalue weighted by Gasteiger charge is 2.37. The number of ketones is 1. The number of nitrogens with zero attached hydrogens (tertiary/aromatic N) is 2. The van der Waals surface area contributed by atoms with Gasteiger partial charge in [-0.15, -0.1) is 0 Å². The van der Waals surface area contributed by atoms with Gasteiger partial charge in [0.1, 0.15) is 11.4 Å². The van der Waals surface area contributed by atoms with Crippen LogP contribution in [0.2, 0.25) is 0 Å². The number of aromatic nitrogens is 2. The topological polar surface area (TPSA) is 42.9 Å². The lowest BCUT2D eigenvalue weighted by Gasteiger charge is -2.15. The summed E-state index contributed by atoms with van der Waals surface area (Å²) in [6, 6.07) is 7.97. The zero-order valence-electron chi connectivity index (χ0n) is 13.4. The SMILES string of the molecule is O=C(Cc1cc(C(F)(F)F)nc2c(C(F)(F)F)cccc12)c1ccccn1. The first-order valence-electron chi connectivity index (χ1n) is 7.58. The average molecular weight is 384 g/mol. The highest BCUT2D eigenvalue weighted by atomic mass is 19.4. The first-order chi connectivity index (χ1) is 12.6. The molecule has 0 radical (unpaired) electrons. The predicted molar refractivity (Wildman–Crippen MR) is 84.0 cm³/mol. The Balaban J connectivity index is 2.20. The minimum absolute atomic E-state index is 0.00277. The third-order valence-electron chi connectivity index (χ3n) is 3.82. The van der Waals surface area contributed by atoms with Crippen molar-refractivity contribution in [3.63, 3.8) is 0 Å². The summed E-state index contributed by atoms with van der Waals surface area (Å²) in [5, 5.41) is -0.165. The Morgan fingerprint density at radius 3 is 2.26 bits per heavy atom. The van der Waals surface area contributed by atoms with Crippen molar-refractivity contribution >= 4 is 16.7 Å². The van der Waals surface area contributed by atoms with E-state index in [0.29, 0.717) is 12.1 Å². The molecule has 0 aliphatic rings. The van der Waals surface area contributed by atoms with Gasteiger partial charge in [0.05, 0.1) is 11.1 Å². The van der Waals surface area contributed by atoms with Crippen molar-refractivity contribution in [2.45, 2.75) is 18.8 Å². The maximum Gasteiger partial charge on any atom is 0.433 e. The van der Waals surface area contributed by atoms with Crippen molar-refractivity contribution < 1.29 is 31.1 Å². The van der Waals surface area contributed by atoms with E-state index in [1.165, 1.54) is 24.4 Å². The number of halogens is 6. The number of fused-ring (bicyclic) bond motifs is 1. The van der Waals surface area contributed by atoms with E-state index in [9.17, 15) is 31.1 Å². The molecule has 3 nitrogen and oxygen atoms in total. The number of pyridine rings is 2. The van der Waals surface area contributed by atoms with Crippen molar-refractivity contribution in [2.75, 3.05) is 0 Å². The Labute approximate surface area is 148 Å². The molecule has 1 aromatic carbocycles. The number of carbonyl (C=O) groups is 1. The second kappa shape index (κ2) is 6.64. The molecule has 2 heterocycles.